The molecule has 1 atom stereocenters. The molecule has 6 heteroatoms. The fourth-order valence-electron chi connectivity index (χ4n) is 3.78. The van der Waals surface area contributed by atoms with Gasteiger partial charge in [-0.3, -0.25) is 19.8 Å². The summed E-state index contributed by atoms with van der Waals surface area (Å²) in [6.07, 6.45) is 1.07. The van der Waals surface area contributed by atoms with Gasteiger partial charge in [0, 0.05) is 51.4 Å². The summed E-state index contributed by atoms with van der Waals surface area (Å²) in [5.41, 5.74) is 3.88. The summed E-state index contributed by atoms with van der Waals surface area (Å²) in [6, 6.07) is 6.48. The number of nitrogens with zero attached hydrogens (tertiary/aromatic N) is 2. The molecule has 0 saturated carbocycles. The number of piperazine rings is 1. The van der Waals surface area contributed by atoms with Crippen molar-refractivity contribution in [3.8, 4) is 0 Å². The number of anilines is 1. The normalized spacial score (nSPS) is 25.4. The van der Waals surface area contributed by atoms with Crippen LogP contribution >= 0.6 is 0 Å². The lowest BCUT2D eigenvalue weighted by atomic mass is 10.0. The maximum Gasteiger partial charge on any atom is 0.243 e. The van der Waals surface area contributed by atoms with Crippen LogP contribution in [-0.4, -0.2) is 48.9 Å². The number of hydrogen-bond acceptors (Lipinski definition) is 5. The molecule has 1 aromatic rings. The lowest BCUT2D eigenvalue weighted by Crippen LogP contribution is -2.50. The van der Waals surface area contributed by atoms with Crippen LogP contribution in [0.5, 0.6) is 0 Å². The second kappa shape index (κ2) is 5.94. The molecule has 23 heavy (non-hydrogen) atoms. The molecule has 0 aliphatic carbocycles. The summed E-state index contributed by atoms with van der Waals surface area (Å²) in [5, 5.41) is 5.83. The summed E-state index contributed by atoms with van der Waals surface area (Å²) in [5.74, 6) is -0.291. The van der Waals surface area contributed by atoms with E-state index in [0.29, 0.717) is 12.8 Å². The molecule has 0 bridgehead atoms. The summed E-state index contributed by atoms with van der Waals surface area (Å²) < 4.78 is 0. The van der Waals surface area contributed by atoms with Gasteiger partial charge in [0.15, 0.2) is 0 Å². The molecule has 0 spiro atoms. The topological polar surface area (TPSA) is 64.7 Å². The Morgan fingerprint density at radius 1 is 1.04 bits per heavy atom. The highest BCUT2D eigenvalue weighted by atomic mass is 16.2. The number of fused-ring (bicyclic) bond motifs is 1. The maximum absolute atomic E-state index is 12.1. The van der Waals surface area contributed by atoms with Gasteiger partial charge in [-0.05, 0) is 29.7 Å². The molecule has 2 saturated heterocycles. The van der Waals surface area contributed by atoms with Gasteiger partial charge in [0.25, 0.3) is 0 Å². The molecule has 0 aromatic heterocycles. The van der Waals surface area contributed by atoms with E-state index in [1.807, 2.05) is 0 Å². The smallest absolute Gasteiger partial charge is 0.243 e. The molecular weight excluding hydrogens is 292 g/mol. The average Bonchev–Trinajstić information content (AvgIpc) is 2.98. The number of amides is 2. The van der Waals surface area contributed by atoms with Crippen LogP contribution in [0.15, 0.2) is 18.2 Å². The highest BCUT2D eigenvalue weighted by Crippen LogP contribution is 2.30. The van der Waals surface area contributed by atoms with Crippen molar-refractivity contribution in [2.75, 3.05) is 31.1 Å². The summed E-state index contributed by atoms with van der Waals surface area (Å²) in [7, 11) is 0. The molecule has 2 N–H and O–H groups in total. The van der Waals surface area contributed by atoms with Crippen molar-refractivity contribution in [3.05, 3.63) is 29.3 Å². The standard InChI is InChI=1S/C17H22N4O2/c22-16-4-3-15(17(23)19-16)21-10-12-1-2-14(9-13(12)11-21)20-7-5-18-6-8-20/h1-2,9,15,18H,3-8,10-11H2,(H,19,22,23). The van der Waals surface area contributed by atoms with Gasteiger partial charge in [0.05, 0.1) is 6.04 Å². The van der Waals surface area contributed by atoms with Gasteiger partial charge in [-0.25, -0.2) is 0 Å². The van der Waals surface area contributed by atoms with Crippen LogP contribution in [0.2, 0.25) is 0 Å². The largest absolute Gasteiger partial charge is 0.369 e. The fourth-order valence-corrected chi connectivity index (χ4v) is 3.78. The highest BCUT2D eigenvalue weighted by molar-refractivity contribution is 6.00. The van der Waals surface area contributed by atoms with E-state index in [0.717, 1.165) is 39.3 Å². The van der Waals surface area contributed by atoms with Crippen LogP contribution in [0.4, 0.5) is 5.69 Å². The predicted molar refractivity (Wildman–Crippen MR) is 86.9 cm³/mol. The zero-order chi connectivity index (χ0) is 15.8. The monoisotopic (exact) mass is 314 g/mol. The first kappa shape index (κ1) is 14.7. The minimum atomic E-state index is -0.178. The number of piperidine rings is 1. The Labute approximate surface area is 135 Å². The minimum absolute atomic E-state index is 0.142. The third-order valence-corrected chi connectivity index (χ3v) is 5.07. The Kier molecular flexibility index (Phi) is 3.79. The first-order valence-electron chi connectivity index (χ1n) is 8.36. The van der Waals surface area contributed by atoms with Crippen molar-refractivity contribution in [1.82, 2.24) is 15.5 Å². The number of imide groups is 1. The Morgan fingerprint density at radius 3 is 2.61 bits per heavy atom. The number of carbonyl (C=O) groups is 2. The minimum Gasteiger partial charge on any atom is -0.369 e. The van der Waals surface area contributed by atoms with Crippen molar-refractivity contribution in [3.63, 3.8) is 0 Å². The second-order valence-corrected chi connectivity index (χ2v) is 6.56. The molecule has 2 fully saturated rings. The van der Waals surface area contributed by atoms with Crippen LogP contribution in [0.1, 0.15) is 24.0 Å². The number of carbonyl (C=O) groups excluding carboxylic acids is 2. The van der Waals surface area contributed by atoms with Crippen molar-refractivity contribution in [2.24, 2.45) is 0 Å². The highest BCUT2D eigenvalue weighted by Gasteiger charge is 2.34. The van der Waals surface area contributed by atoms with Gasteiger partial charge in [-0.2, -0.15) is 0 Å². The van der Waals surface area contributed by atoms with Crippen LogP contribution in [0, 0.1) is 0 Å². The van der Waals surface area contributed by atoms with Crippen LogP contribution < -0.4 is 15.5 Å². The third kappa shape index (κ3) is 2.84. The zero-order valence-electron chi connectivity index (χ0n) is 13.2. The van der Waals surface area contributed by atoms with Gasteiger partial charge in [0.2, 0.25) is 11.8 Å². The Hall–Kier alpha value is -1.92. The van der Waals surface area contributed by atoms with Gasteiger partial charge >= 0.3 is 0 Å². The Morgan fingerprint density at radius 2 is 1.83 bits per heavy atom. The van der Waals surface area contributed by atoms with E-state index in [-0.39, 0.29) is 17.9 Å². The third-order valence-electron chi connectivity index (χ3n) is 5.07. The van der Waals surface area contributed by atoms with E-state index in [2.05, 4.69) is 38.6 Å². The van der Waals surface area contributed by atoms with Crippen LogP contribution in [-0.2, 0) is 22.7 Å². The quantitative estimate of drug-likeness (QED) is 0.765. The van der Waals surface area contributed by atoms with Gasteiger partial charge in [0.1, 0.15) is 0 Å². The van der Waals surface area contributed by atoms with Crippen molar-refractivity contribution in [1.29, 1.82) is 0 Å². The summed E-state index contributed by atoms with van der Waals surface area (Å²) in [4.78, 5) is 28.0. The molecule has 0 radical (unpaired) electrons. The Bertz CT molecular complexity index is 639. The Balaban J connectivity index is 1.49. The van der Waals surface area contributed by atoms with Crippen LogP contribution in [0.25, 0.3) is 0 Å². The lowest BCUT2D eigenvalue weighted by Gasteiger charge is -2.30. The maximum atomic E-state index is 12.1. The molecule has 6 nitrogen and oxygen atoms in total. The molecule has 1 aromatic carbocycles. The summed E-state index contributed by atoms with van der Waals surface area (Å²) in [6.45, 7) is 5.72. The van der Waals surface area contributed by atoms with Crippen molar-refractivity contribution in [2.45, 2.75) is 32.0 Å². The van der Waals surface area contributed by atoms with Gasteiger partial charge in [-0.15, -0.1) is 0 Å². The molecule has 1 unspecified atom stereocenters. The molecular formula is C17H22N4O2. The fraction of sp³-hybridized carbons (Fsp3) is 0.529. The predicted octanol–water partition coefficient (Wildman–Crippen LogP) is 0.217. The first-order chi connectivity index (χ1) is 11.2. The second-order valence-electron chi connectivity index (χ2n) is 6.56. The van der Waals surface area contributed by atoms with Gasteiger partial charge < -0.3 is 10.2 Å². The average molecular weight is 314 g/mol. The lowest BCUT2D eigenvalue weighted by molar-refractivity contribution is -0.137. The van der Waals surface area contributed by atoms with E-state index < -0.39 is 0 Å². The van der Waals surface area contributed by atoms with E-state index in [1.165, 1.54) is 16.8 Å². The molecule has 3 aliphatic heterocycles. The molecule has 2 amide bonds. The van der Waals surface area contributed by atoms with E-state index in [9.17, 15) is 9.59 Å². The van der Waals surface area contributed by atoms with Crippen molar-refractivity contribution >= 4 is 17.5 Å². The SMILES string of the molecule is O=C1CCC(N2Cc3ccc(N4CCNCC4)cc3C2)C(=O)N1. The molecule has 4 rings (SSSR count). The number of nitrogens with one attached hydrogen (secondary N) is 2. The molecule has 3 aliphatic rings. The van der Waals surface area contributed by atoms with E-state index in [1.54, 1.807) is 0 Å². The first-order valence-corrected chi connectivity index (χ1v) is 8.36. The molecule has 3 heterocycles. The van der Waals surface area contributed by atoms with E-state index >= 15 is 0 Å². The number of benzene rings is 1. The molecule has 122 valence electrons. The number of hydrogen-bond donors (Lipinski definition) is 2. The van der Waals surface area contributed by atoms with E-state index in [4.69, 9.17) is 0 Å². The number of rotatable bonds is 2. The zero-order valence-corrected chi connectivity index (χ0v) is 13.2. The van der Waals surface area contributed by atoms with Crippen molar-refractivity contribution < 1.29 is 9.59 Å². The van der Waals surface area contributed by atoms with Gasteiger partial charge in [-0.1, -0.05) is 6.07 Å². The summed E-state index contributed by atoms with van der Waals surface area (Å²) >= 11 is 0. The van der Waals surface area contributed by atoms with Crippen LogP contribution in [0.3, 0.4) is 0 Å².